The molecule has 0 saturated carbocycles. The van der Waals surface area contributed by atoms with Gasteiger partial charge in [0.15, 0.2) is 11.5 Å². The third-order valence-corrected chi connectivity index (χ3v) is 3.29. The maximum Gasteiger partial charge on any atom is 0.231 e. The zero-order valence-electron chi connectivity index (χ0n) is 10.4. The molecule has 0 aliphatic carbocycles. The molecule has 0 bridgehead atoms. The number of nitrogens with zero attached hydrogens (tertiary/aromatic N) is 1. The van der Waals surface area contributed by atoms with Gasteiger partial charge in [0.1, 0.15) is 0 Å². The first kappa shape index (κ1) is 11.1. The molecule has 0 amide bonds. The lowest BCUT2D eigenvalue weighted by molar-refractivity contribution is 0.174. The number of hydrogen-bond acceptors (Lipinski definition) is 4. The van der Waals surface area contributed by atoms with E-state index in [1.165, 1.54) is 0 Å². The van der Waals surface area contributed by atoms with Crippen LogP contribution in [0.5, 0.6) is 11.5 Å². The molecule has 94 valence electrons. The summed E-state index contributed by atoms with van der Waals surface area (Å²) in [4.78, 5) is 0. The lowest BCUT2D eigenvalue weighted by Gasteiger charge is -2.06. The molecule has 5 nitrogen and oxygen atoms in total. The van der Waals surface area contributed by atoms with Crippen LogP contribution >= 0.6 is 0 Å². The van der Waals surface area contributed by atoms with E-state index in [4.69, 9.17) is 15.2 Å². The summed E-state index contributed by atoms with van der Waals surface area (Å²) in [7, 11) is 0. The Labute approximate surface area is 105 Å². The number of ether oxygens (including phenoxy) is 2. The van der Waals surface area contributed by atoms with Gasteiger partial charge in [-0.1, -0.05) is 0 Å². The van der Waals surface area contributed by atoms with E-state index in [9.17, 15) is 0 Å². The Kier molecular flexibility index (Phi) is 2.48. The first-order valence-corrected chi connectivity index (χ1v) is 5.85. The van der Waals surface area contributed by atoms with Crippen LogP contribution in [0.4, 0.5) is 0 Å². The summed E-state index contributed by atoms with van der Waals surface area (Å²) in [5.74, 6) is 1.57. The minimum Gasteiger partial charge on any atom is -0.454 e. The summed E-state index contributed by atoms with van der Waals surface area (Å²) >= 11 is 0. The van der Waals surface area contributed by atoms with Crippen LogP contribution in [0.2, 0.25) is 0 Å². The highest BCUT2D eigenvalue weighted by atomic mass is 16.7. The molecule has 5 heteroatoms. The number of nitrogens with one attached hydrogen (secondary N) is 1. The first-order chi connectivity index (χ1) is 8.70. The molecular formula is C13H15N3O2. The SMILES string of the molecule is Cc1cc2c(cc1-c1n[nH]c(CN)c1C)OCO2. The van der Waals surface area contributed by atoms with Crippen molar-refractivity contribution in [3.63, 3.8) is 0 Å². The van der Waals surface area contributed by atoms with E-state index in [2.05, 4.69) is 10.2 Å². The van der Waals surface area contributed by atoms with E-state index in [1.807, 2.05) is 26.0 Å². The minimum absolute atomic E-state index is 0.284. The van der Waals surface area contributed by atoms with Gasteiger partial charge in [-0.25, -0.2) is 0 Å². The second kappa shape index (κ2) is 4.03. The van der Waals surface area contributed by atoms with Crippen LogP contribution in [0.3, 0.4) is 0 Å². The molecule has 0 radical (unpaired) electrons. The smallest absolute Gasteiger partial charge is 0.231 e. The summed E-state index contributed by atoms with van der Waals surface area (Å²) < 4.78 is 10.8. The van der Waals surface area contributed by atoms with Crippen molar-refractivity contribution >= 4 is 0 Å². The monoisotopic (exact) mass is 245 g/mol. The average molecular weight is 245 g/mol. The highest BCUT2D eigenvalue weighted by molar-refractivity contribution is 5.71. The zero-order chi connectivity index (χ0) is 12.7. The van der Waals surface area contributed by atoms with Gasteiger partial charge < -0.3 is 15.2 Å². The van der Waals surface area contributed by atoms with Crippen LogP contribution in [0, 0.1) is 13.8 Å². The van der Waals surface area contributed by atoms with E-state index in [0.717, 1.165) is 39.6 Å². The molecule has 1 aliphatic heterocycles. The Morgan fingerprint density at radius 3 is 2.67 bits per heavy atom. The van der Waals surface area contributed by atoms with Gasteiger partial charge in [-0.05, 0) is 37.1 Å². The average Bonchev–Trinajstić information content (AvgIpc) is 2.94. The summed E-state index contributed by atoms with van der Waals surface area (Å²) in [5.41, 5.74) is 10.8. The largest absolute Gasteiger partial charge is 0.454 e. The van der Waals surface area contributed by atoms with Crippen LogP contribution in [-0.2, 0) is 6.54 Å². The number of fused-ring (bicyclic) bond motifs is 1. The second-order valence-corrected chi connectivity index (χ2v) is 4.40. The highest BCUT2D eigenvalue weighted by Crippen LogP contribution is 2.38. The number of rotatable bonds is 2. The quantitative estimate of drug-likeness (QED) is 0.847. The summed E-state index contributed by atoms with van der Waals surface area (Å²) in [6.07, 6.45) is 0. The maximum atomic E-state index is 5.65. The molecule has 1 aliphatic rings. The maximum absolute atomic E-state index is 5.65. The predicted molar refractivity (Wildman–Crippen MR) is 67.5 cm³/mol. The lowest BCUT2D eigenvalue weighted by Crippen LogP contribution is -1.98. The molecule has 1 aromatic carbocycles. The van der Waals surface area contributed by atoms with Gasteiger partial charge >= 0.3 is 0 Å². The van der Waals surface area contributed by atoms with Crippen molar-refractivity contribution in [2.24, 2.45) is 5.73 Å². The van der Waals surface area contributed by atoms with Crippen molar-refractivity contribution in [2.75, 3.05) is 6.79 Å². The van der Waals surface area contributed by atoms with Gasteiger partial charge in [-0.2, -0.15) is 5.10 Å². The standard InChI is InChI=1S/C13H15N3O2/c1-7-3-11-12(18-6-17-11)4-9(7)13-8(2)10(5-14)15-16-13/h3-4H,5-6,14H2,1-2H3,(H,15,16). The fraction of sp³-hybridized carbons (Fsp3) is 0.308. The van der Waals surface area contributed by atoms with Crippen molar-refractivity contribution < 1.29 is 9.47 Å². The van der Waals surface area contributed by atoms with Crippen molar-refractivity contribution in [2.45, 2.75) is 20.4 Å². The summed E-state index contributed by atoms with van der Waals surface area (Å²) in [6, 6.07) is 3.95. The normalized spacial score (nSPS) is 13.1. The van der Waals surface area contributed by atoms with E-state index >= 15 is 0 Å². The van der Waals surface area contributed by atoms with E-state index in [-0.39, 0.29) is 6.79 Å². The number of nitrogens with two attached hydrogens (primary N) is 1. The molecule has 0 saturated heterocycles. The number of benzene rings is 1. The molecule has 0 spiro atoms. The molecule has 18 heavy (non-hydrogen) atoms. The third-order valence-electron chi connectivity index (χ3n) is 3.29. The van der Waals surface area contributed by atoms with Gasteiger partial charge in [0, 0.05) is 12.1 Å². The highest BCUT2D eigenvalue weighted by Gasteiger charge is 2.19. The topological polar surface area (TPSA) is 73.2 Å². The van der Waals surface area contributed by atoms with Crippen molar-refractivity contribution in [1.29, 1.82) is 0 Å². The van der Waals surface area contributed by atoms with Gasteiger partial charge in [-0.3, -0.25) is 5.10 Å². The number of aromatic amines is 1. The van der Waals surface area contributed by atoms with E-state index in [0.29, 0.717) is 6.54 Å². The summed E-state index contributed by atoms with van der Waals surface area (Å²) in [6.45, 7) is 4.80. The molecule has 2 aromatic rings. The third kappa shape index (κ3) is 1.55. The number of H-pyrrole nitrogens is 1. The Morgan fingerprint density at radius 2 is 2.00 bits per heavy atom. The van der Waals surface area contributed by atoms with Gasteiger partial charge in [0.2, 0.25) is 6.79 Å². The fourth-order valence-corrected chi connectivity index (χ4v) is 2.19. The molecule has 3 N–H and O–H groups in total. The molecule has 0 fully saturated rings. The van der Waals surface area contributed by atoms with Crippen LogP contribution in [-0.4, -0.2) is 17.0 Å². The number of aromatic nitrogens is 2. The molecule has 0 unspecified atom stereocenters. The van der Waals surface area contributed by atoms with Gasteiger partial charge in [0.05, 0.1) is 11.4 Å². The minimum atomic E-state index is 0.284. The van der Waals surface area contributed by atoms with E-state index < -0.39 is 0 Å². The Morgan fingerprint density at radius 1 is 1.28 bits per heavy atom. The Balaban J connectivity index is 2.14. The zero-order valence-corrected chi connectivity index (χ0v) is 10.4. The molecule has 2 heterocycles. The first-order valence-electron chi connectivity index (χ1n) is 5.85. The summed E-state index contributed by atoms with van der Waals surface area (Å²) in [5, 5.41) is 7.31. The second-order valence-electron chi connectivity index (χ2n) is 4.40. The molecular weight excluding hydrogens is 230 g/mol. The van der Waals surface area contributed by atoms with Gasteiger partial charge in [-0.15, -0.1) is 0 Å². The van der Waals surface area contributed by atoms with E-state index in [1.54, 1.807) is 0 Å². The molecule has 0 atom stereocenters. The number of hydrogen-bond donors (Lipinski definition) is 2. The number of aryl methyl sites for hydroxylation is 1. The molecule has 1 aromatic heterocycles. The van der Waals surface area contributed by atoms with Crippen LogP contribution in [0.25, 0.3) is 11.3 Å². The van der Waals surface area contributed by atoms with Crippen LogP contribution in [0.15, 0.2) is 12.1 Å². The van der Waals surface area contributed by atoms with Crippen LogP contribution in [0.1, 0.15) is 16.8 Å². The predicted octanol–water partition coefficient (Wildman–Crippen LogP) is 1.88. The van der Waals surface area contributed by atoms with Gasteiger partial charge in [0.25, 0.3) is 0 Å². The van der Waals surface area contributed by atoms with Crippen LogP contribution < -0.4 is 15.2 Å². The fourth-order valence-electron chi connectivity index (χ4n) is 2.19. The van der Waals surface area contributed by atoms with Crippen molar-refractivity contribution in [3.8, 4) is 22.8 Å². The van der Waals surface area contributed by atoms with Crippen molar-refractivity contribution in [3.05, 3.63) is 29.0 Å². The Bertz CT molecular complexity index is 605. The Hall–Kier alpha value is -2.01. The lowest BCUT2D eigenvalue weighted by atomic mass is 10.0. The molecule has 3 rings (SSSR count). The van der Waals surface area contributed by atoms with Crippen molar-refractivity contribution in [1.82, 2.24) is 10.2 Å².